The predicted molar refractivity (Wildman–Crippen MR) is 196 cm³/mol. The number of rotatable bonds is 10. The largest absolute Gasteiger partial charge is 0.460 e. The molecule has 0 aromatic heterocycles. The third kappa shape index (κ3) is 16.5. The van der Waals surface area contributed by atoms with Gasteiger partial charge < -0.3 is 34.1 Å². The van der Waals surface area contributed by atoms with Crippen molar-refractivity contribution in [1.29, 1.82) is 0 Å². The Morgan fingerprint density at radius 2 is 1.35 bits per heavy atom. The van der Waals surface area contributed by atoms with E-state index in [9.17, 15) is 19.2 Å². The van der Waals surface area contributed by atoms with Crippen LogP contribution in [0.2, 0.25) is 0 Å². The highest BCUT2D eigenvalue weighted by Gasteiger charge is 2.34. The Morgan fingerprint density at radius 1 is 0.745 bits per heavy atom. The molecule has 0 radical (unpaired) electrons. The molecule has 1 aliphatic carbocycles. The molecular weight excluding hydrogens is 654 g/mol. The lowest BCUT2D eigenvalue weighted by Gasteiger charge is -2.39. The Morgan fingerprint density at radius 3 is 1.96 bits per heavy atom. The molecule has 1 saturated carbocycles. The molecule has 2 atom stereocenters. The number of nitrogens with one attached hydrogen (secondary N) is 2. The van der Waals surface area contributed by atoms with E-state index in [1.54, 1.807) is 41.5 Å². The molecule has 292 valence electrons. The number of likely N-dealkylation sites (tertiary alicyclic amines) is 2. The number of alkyl carbamates (subject to hydrolysis) is 1. The Balaban J connectivity index is 1.57. The van der Waals surface area contributed by atoms with Gasteiger partial charge in [0.15, 0.2) is 0 Å². The van der Waals surface area contributed by atoms with Crippen molar-refractivity contribution in [2.75, 3.05) is 26.2 Å². The molecule has 3 fully saturated rings. The zero-order valence-corrected chi connectivity index (χ0v) is 32.9. The number of hydrogen-bond donors (Lipinski definition) is 2. The van der Waals surface area contributed by atoms with Crippen LogP contribution in [0.1, 0.15) is 146 Å². The highest BCUT2D eigenvalue weighted by Crippen LogP contribution is 2.25. The molecule has 13 heteroatoms. The molecular formula is C38H67N5O8. The number of carbonyl (C=O) groups excluding carboxylic acids is 4. The van der Waals surface area contributed by atoms with E-state index >= 15 is 0 Å². The minimum Gasteiger partial charge on any atom is -0.460 e. The van der Waals surface area contributed by atoms with Crippen LogP contribution in [0.15, 0.2) is 4.99 Å². The molecule has 2 N–H and O–H groups in total. The molecule has 0 unspecified atom stereocenters. The Bertz CT molecular complexity index is 1170. The number of piperidine rings is 2. The Hall–Kier alpha value is -2.93. The van der Waals surface area contributed by atoms with Gasteiger partial charge in [-0.25, -0.2) is 9.59 Å². The topological polar surface area (TPSA) is 148 Å². The van der Waals surface area contributed by atoms with Gasteiger partial charge in [-0.1, -0.05) is 19.3 Å². The number of ether oxygens (including phenoxy) is 4. The summed E-state index contributed by atoms with van der Waals surface area (Å²) >= 11 is 0. The van der Waals surface area contributed by atoms with Gasteiger partial charge in [-0.2, -0.15) is 0 Å². The highest BCUT2D eigenvalue weighted by atomic mass is 16.6. The molecule has 0 spiro atoms. The monoisotopic (exact) mass is 721 g/mol. The molecule has 0 aromatic rings. The first kappa shape index (κ1) is 42.5. The number of amides is 3. The molecule has 0 aromatic carbocycles. The normalized spacial score (nSPS) is 20.8. The van der Waals surface area contributed by atoms with Crippen LogP contribution in [0.5, 0.6) is 0 Å². The van der Waals surface area contributed by atoms with Gasteiger partial charge >= 0.3 is 18.2 Å². The van der Waals surface area contributed by atoms with E-state index in [0.29, 0.717) is 45.5 Å². The fourth-order valence-corrected chi connectivity index (χ4v) is 6.83. The maximum atomic E-state index is 14.1. The number of esters is 1. The van der Waals surface area contributed by atoms with E-state index in [2.05, 4.69) is 15.6 Å². The van der Waals surface area contributed by atoms with Crippen LogP contribution in [-0.2, 0) is 28.5 Å². The van der Waals surface area contributed by atoms with E-state index in [4.69, 9.17) is 18.9 Å². The number of carbonyl (C=O) groups is 4. The van der Waals surface area contributed by atoms with E-state index in [0.717, 1.165) is 51.4 Å². The van der Waals surface area contributed by atoms with Crippen molar-refractivity contribution < 1.29 is 38.1 Å². The maximum Gasteiger partial charge on any atom is 0.437 e. The third-order valence-corrected chi connectivity index (χ3v) is 9.06. The second kappa shape index (κ2) is 19.2. The Labute approximate surface area is 306 Å². The van der Waals surface area contributed by atoms with Crippen LogP contribution in [0, 0.1) is 0 Å². The fourth-order valence-electron chi connectivity index (χ4n) is 6.83. The van der Waals surface area contributed by atoms with Gasteiger partial charge in [-0.15, -0.1) is 4.99 Å². The van der Waals surface area contributed by atoms with Crippen molar-refractivity contribution in [2.24, 2.45) is 4.99 Å². The molecule has 3 rings (SSSR count). The lowest BCUT2D eigenvalue weighted by Crippen LogP contribution is -2.54. The van der Waals surface area contributed by atoms with Crippen LogP contribution in [-0.4, -0.2) is 107 Å². The van der Waals surface area contributed by atoms with E-state index in [-0.39, 0.29) is 42.4 Å². The van der Waals surface area contributed by atoms with Crippen LogP contribution in [0.3, 0.4) is 0 Å². The zero-order valence-electron chi connectivity index (χ0n) is 32.9. The fraction of sp³-hybridized carbons (Fsp3) is 0.868. The average molecular weight is 722 g/mol. The molecule has 2 saturated heterocycles. The first-order valence-corrected chi connectivity index (χ1v) is 19.2. The summed E-state index contributed by atoms with van der Waals surface area (Å²) in [6.07, 6.45) is 9.82. The number of guanidine groups is 1. The minimum absolute atomic E-state index is 0.00663. The number of nitrogens with zero attached hydrogens (tertiary/aromatic N) is 3. The zero-order chi connectivity index (χ0) is 37.8. The van der Waals surface area contributed by atoms with Crippen molar-refractivity contribution in [3.63, 3.8) is 0 Å². The SMILES string of the molecule is CC(C)(C)OC(=O)CC[C@H](NC1CCCCC1)C(=O)N1CCCC[C@@H]1CCOC1CCN(C(=NC(=O)OC(C)(C)C)NC(=O)OC(C)(C)C)CC1. The molecule has 3 aliphatic rings. The van der Waals surface area contributed by atoms with Gasteiger partial charge in [0.25, 0.3) is 0 Å². The van der Waals surface area contributed by atoms with E-state index < -0.39 is 35.0 Å². The maximum absolute atomic E-state index is 14.1. The van der Waals surface area contributed by atoms with Crippen LogP contribution < -0.4 is 10.6 Å². The average Bonchev–Trinajstić information content (AvgIpc) is 3.01. The van der Waals surface area contributed by atoms with Gasteiger partial charge in [0.1, 0.15) is 16.8 Å². The van der Waals surface area contributed by atoms with Gasteiger partial charge in [-0.05, 0) is 120 Å². The van der Waals surface area contributed by atoms with Crippen LogP contribution >= 0.6 is 0 Å². The standard InChI is InChI=1S/C38H67N5O8/c1-36(2,3)49-31(44)19-18-30(39-27-15-11-10-12-16-27)32(45)43-23-14-13-17-28(43)22-26-48-29-20-24-42(25-21-29)33(40-34(46)50-37(4,5)6)41-35(47)51-38(7,8)9/h27-30,39H,10-26H2,1-9H3,(H,40,41,46,47)/t28-,30+/m1/s1. The smallest absolute Gasteiger partial charge is 0.437 e. The molecule has 3 amide bonds. The number of aliphatic imine (C=N–C) groups is 1. The quantitative estimate of drug-likeness (QED) is 0.111. The van der Waals surface area contributed by atoms with Crippen molar-refractivity contribution in [2.45, 2.75) is 187 Å². The van der Waals surface area contributed by atoms with Gasteiger partial charge in [-0.3, -0.25) is 14.9 Å². The second-order valence-corrected chi connectivity index (χ2v) is 17.2. The minimum atomic E-state index is -0.792. The van der Waals surface area contributed by atoms with Gasteiger partial charge in [0.05, 0.1) is 12.1 Å². The summed E-state index contributed by atoms with van der Waals surface area (Å²) in [5.41, 5.74) is -2.01. The molecule has 2 heterocycles. The van der Waals surface area contributed by atoms with Gasteiger partial charge in [0.2, 0.25) is 11.9 Å². The van der Waals surface area contributed by atoms with E-state index in [1.807, 2.05) is 30.6 Å². The van der Waals surface area contributed by atoms with Crippen molar-refractivity contribution in [1.82, 2.24) is 20.4 Å². The lowest BCUT2D eigenvalue weighted by atomic mass is 9.93. The summed E-state index contributed by atoms with van der Waals surface area (Å²) in [7, 11) is 0. The highest BCUT2D eigenvalue weighted by molar-refractivity contribution is 5.99. The molecule has 51 heavy (non-hydrogen) atoms. The Kier molecular flexibility index (Phi) is 16.0. The summed E-state index contributed by atoms with van der Waals surface area (Å²) < 4.78 is 22.7. The van der Waals surface area contributed by atoms with Crippen LogP contribution in [0.4, 0.5) is 9.59 Å². The second-order valence-electron chi connectivity index (χ2n) is 17.2. The molecule has 0 bridgehead atoms. The first-order valence-electron chi connectivity index (χ1n) is 19.2. The van der Waals surface area contributed by atoms with Gasteiger partial charge in [0, 0.05) is 44.7 Å². The lowest BCUT2D eigenvalue weighted by molar-refractivity contribution is -0.155. The van der Waals surface area contributed by atoms with E-state index in [1.165, 1.54) is 6.42 Å². The molecule has 2 aliphatic heterocycles. The van der Waals surface area contributed by atoms with Crippen LogP contribution in [0.25, 0.3) is 0 Å². The third-order valence-electron chi connectivity index (χ3n) is 9.06. The van der Waals surface area contributed by atoms with Crippen molar-refractivity contribution in [3.8, 4) is 0 Å². The summed E-state index contributed by atoms with van der Waals surface area (Å²) in [5.74, 6) is -0.1000. The summed E-state index contributed by atoms with van der Waals surface area (Å²) in [4.78, 5) is 59.9. The van der Waals surface area contributed by atoms with Crippen molar-refractivity contribution >= 4 is 30.0 Å². The summed E-state index contributed by atoms with van der Waals surface area (Å²) in [6.45, 7) is 18.4. The molecule has 13 nitrogen and oxygen atoms in total. The van der Waals surface area contributed by atoms with Crippen molar-refractivity contribution in [3.05, 3.63) is 0 Å². The number of hydrogen-bond acceptors (Lipinski definition) is 9. The predicted octanol–water partition coefficient (Wildman–Crippen LogP) is 6.47. The summed E-state index contributed by atoms with van der Waals surface area (Å²) in [6, 6.07) is -0.0517. The first-order chi connectivity index (χ1) is 23.8. The summed E-state index contributed by atoms with van der Waals surface area (Å²) in [5, 5.41) is 6.29.